The third kappa shape index (κ3) is 3.40. The van der Waals surface area contributed by atoms with Crippen LogP contribution in [0.3, 0.4) is 0 Å². The Bertz CT molecular complexity index is 260. The number of carbonyl (C=O) groups excluding carboxylic acids is 1. The lowest BCUT2D eigenvalue weighted by Crippen LogP contribution is -2.42. The molecule has 1 rings (SSSR count). The van der Waals surface area contributed by atoms with Crippen molar-refractivity contribution in [2.45, 2.75) is 51.5 Å². The molecule has 0 aromatic heterocycles. The van der Waals surface area contributed by atoms with Crippen LogP contribution in [0.2, 0.25) is 0 Å². The van der Waals surface area contributed by atoms with Gasteiger partial charge in [-0.15, -0.1) is 0 Å². The van der Waals surface area contributed by atoms with Gasteiger partial charge in [-0.2, -0.15) is 0 Å². The van der Waals surface area contributed by atoms with Crippen LogP contribution in [0.5, 0.6) is 0 Å². The Hall–Kier alpha value is -1.26. The maximum absolute atomic E-state index is 11.9. The summed E-state index contributed by atoms with van der Waals surface area (Å²) < 4.78 is 0. The summed E-state index contributed by atoms with van der Waals surface area (Å²) in [4.78, 5) is 13.8. The minimum absolute atomic E-state index is 0.0146. The second kappa shape index (κ2) is 6.35. The van der Waals surface area contributed by atoms with E-state index in [9.17, 15) is 4.79 Å². The fourth-order valence-electron chi connectivity index (χ4n) is 2.32. The van der Waals surface area contributed by atoms with Gasteiger partial charge >= 0.3 is 0 Å². The van der Waals surface area contributed by atoms with Crippen molar-refractivity contribution < 1.29 is 10.0 Å². The van der Waals surface area contributed by atoms with Crippen molar-refractivity contribution in [2.24, 2.45) is 10.9 Å². The molecule has 5 heteroatoms. The summed E-state index contributed by atoms with van der Waals surface area (Å²) in [5.41, 5.74) is 5.35. The number of carbonyl (C=O) groups is 1. The Balaban J connectivity index is 2.54. The predicted octanol–water partition coefficient (Wildman–Crippen LogP) is 1.30. The summed E-state index contributed by atoms with van der Waals surface area (Å²) in [6.07, 6.45) is 5.82. The molecule has 16 heavy (non-hydrogen) atoms. The largest absolute Gasteiger partial charge is 0.409 e. The van der Waals surface area contributed by atoms with Crippen molar-refractivity contribution in [3.63, 3.8) is 0 Å². The number of hydrogen-bond donors (Lipinski definition) is 2. The van der Waals surface area contributed by atoms with Crippen LogP contribution < -0.4 is 5.73 Å². The average Bonchev–Trinajstić information content (AvgIpc) is 2.31. The maximum Gasteiger partial charge on any atom is 0.230 e. The van der Waals surface area contributed by atoms with Gasteiger partial charge in [-0.25, -0.2) is 0 Å². The monoisotopic (exact) mass is 227 g/mol. The molecule has 5 nitrogen and oxygen atoms in total. The first kappa shape index (κ1) is 12.8. The molecule has 0 aromatic carbocycles. The van der Waals surface area contributed by atoms with Crippen LogP contribution in [0, 0.1) is 0 Å². The molecule has 1 saturated carbocycles. The average molecular weight is 227 g/mol. The quantitative estimate of drug-likeness (QED) is 0.329. The lowest BCUT2D eigenvalue weighted by molar-refractivity contribution is -0.132. The summed E-state index contributed by atoms with van der Waals surface area (Å²) in [5.74, 6) is -0.0519. The molecule has 0 spiro atoms. The molecular weight excluding hydrogens is 206 g/mol. The Morgan fingerprint density at radius 1 is 1.44 bits per heavy atom. The van der Waals surface area contributed by atoms with Gasteiger partial charge in [0.15, 0.2) is 0 Å². The standard InChI is InChI=1S/C11H21N3O2/c1-2-14(9-6-4-3-5-7-9)11(15)8-10(12)13-16/h9,16H,2-8H2,1H3,(H2,12,13). The van der Waals surface area contributed by atoms with Crippen molar-refractivity contribution in [2.75, 3.05) is 6.54 Å². The highest BCUT2D eigenvalue weighted by atomic mass is 16.4. The molecule has 1 amide bonds. The van der Waals surface area contributed by atoms with Crippen molar-refractivity contribution in [3.8, 4) is 0 Å². The molecule has 0 radical (unpaired) electrons. The van der Waals surface area contributed by atoms with Gasteiger partial charge in [0, 0.05) is 12.6 Å². The highest BCUT2D eigenvalue weighted by Crippen LogP contribution is 2.22. The van der Waals surface area contributed by atoms with Gasteiger partial charge in [0.05, 0.1) is 6.42 Å². The zero-order chi connectivity index (χ0) is 12.0. The molecule has 0 atom stereocenters. The molecule has 0 heterocycles. The highest BCUT2D eigenvalue weighted by Gasteiger charge is 2.24. The Labute approximate surface area is 96.3 Å². The zero-order valence-corrected chi connectivity index (χ0v) is 9.85. The minimum Gasteiger partial charge on any atom is -0.409 e. The third-order valence-electron chi connectivity index (χ3n) is 3.14. The normalized spacial score (nSPS) is 18.4. The molecule has 0 aromatic rings. The minimum atomic E-state index is -0.0373. The van der Waals surface area contributed by atoms with Gasteiger partial charge in [0.25, 0.3) is 0 Å². The van der Waals surface area contributed by atoms with Gasteiger partial charge in [0.2, 0.25) is 5.91 Å². The summed E-state index contributed by atoms with van der Waals surface area (Å²) in [6.45, 7) is 2.67. The van der Waals surface area contributed by atoms with E-state index < -0.39 is 0 Å². The Morgan fingerprint density at radius 2 is 2.06 bits per heavy atom. The van der Waals surface area contributed by atoms with Crippen LogP contribution in [0.25, 0.3) is 0 Å². The maximum atomic E-state index is 11.9. The highest BCUT2D eigenvalue weighted by molar-refractivity contribution is 5.98. The SMILES string of the molecule is CCN(C(=O)C/C(N)=N/O)C1CCCCC1. The topological polar surface area (TPSA) is 78.9 Å². The van der Waals surface area contributed by atoms with Crippen LogP contribution in [-0.2, 0) is 4.79 Å². The van der Waals surface area contributed by atoms with Gasteiger partial charge in [-0.1, -0.05) is 24.4 Å². The molecule has 0 bridgehead atoms. The molecule has 0 saturated heterocycles. The number of amidine groups is 1. The number of nitrogens with zero attached hydrogens (tertiary/aromatic N) is 2. The lowest BCUT2D eigenvalue weighted by Gasteiger charge is -2.33. The van der Waals surface area contributed by atoms with Gasteiger partial charge in [-0.3, -0.25) is 4.79 Å². The summed E-state index contributed by atoms with van der Waals surface area (Å²) in [6, 6.07) is 0.345. The van der Waals surface area contributed by atoms with Crippen molar-refractivity contribution in [3.05, 3.63) is 0 Å². The number of amides is 1. The van der Waals surface area contributed by atoms with Crippen LogP contribution >= 0.6 is 0 Å². The van der Waals surface area contributed by atoms with E-state index in [1.807, 2.05) is 11.8 Å². The third-order valence-corrected chi connectivity index (χ3v) is 3.14. The van der Waals surface area contributed by atoms with Gasteiger partial charge in [-0.05, 0) is 19.8 Å². The van der Waals surface area contributed by atoms with E-state index in [1.165, 1.54) is 19.3 Å². The van der Waals surface area contributed by atoms with Crippen molar-refractivity contribution >= 4 is 11.7 Å². The predicted molar refractivity (Wildman–Crippen MR) is 62.3 cm³/mol. The lowest BCUT2D eigenvalue weighted by atomic mass is 9.94. The van der Waals surface area contributed by atoms with E-state index in [-0.39, 0.29) is 18.2 Å². The van der Waals surface area contributed by atoms with Crippen LogP contribution in [0.15, 0.2) is 5.16 Å². The molecule has 1 aliphatic rings. The van der Waals surface area contributed by atoms with Crippen LogP contribution in [-0.4, -0.2) is 34.4 Å². The molecular formula is C11H21N3O2. The summed E-state index contributed by atoms with van der Waals surface area (Å²) in [5, 5.41) is 11.3. The Morgan fingerprint density at radius 3 is 2.56 bits per heavy atom. The van der Waals surface area contributed by atoms with E-state index in [0.717, 1.165) is 12.8 Å². The second-order valence-corrected chi connectivity index (χ2v) is 4.24. The molecule has 3 N–H and O–H groups in total. The smallest absolute Gasteiger partial charge is 0.230 e. The van der Waals surface area contributed by atoms with E-state index in [4.69, 9.17) is 10.9 Å². The van der Waals surface area contributed by atoms with E-state index in [2.05, 4.69) is 5.16 Å². The van der Waals surface area contributed by atoms with Gasteiger partial charge < -0.3 is 15.8 Å². The molecule has 1 aliphatic carbocycles. The molecule has 92 valence electrons. The number of nitrogens with two attached hydrogens (primary N) is 1. The first-order valence-electron chi connectivity index (χ1n) is 5.95. The first-order valence-corrected chi connectivity index (χ1v) is 5.95. The van der Waals surface area contributed by atoms with Crippen molar-refractivity contribution in [1.29, 1.82) is 0 Å². The Kier molecular flexibility index (Phi) is 5.08. The van der Waals surface area contributed by atoms with E-state index >= 15 is 0 Å². The summed E-state index contributed by atoms with van der Waals surface area (Å²) >= 11 is 0. The summed E-state index contributed by atoms with van der Waals surface area (Å²) in [7, 11) is 0. The van der Waals surface area contributed by atoms with E-state index in [1.54, 1.807) is 0 Å². The van der Waals surface area contributed by atoms with Crippen molar-refractivity contribution in [1.82, 2.24) is 4.90 Å². The van der Waals surface area contributed by atoms with Gasteiger partial charge in [0.1, 0.15) is 5.84 Å². The van der Waals surface area contributed by atoms with E-state index in [0.29, 0.717) is 12.6 Å². The fraction of sp³-hybridized carbons (Fsp3) is 0.818. The number of oxime groups is 1. The molecule has 0 aliphatic heterocycles. The second-order valence-electron chi connectivity index (χ2n) is 4.24. The number of hydrogen-bond acceptors (Lipinski definition) is 3. The number of rotatable bonds is 4. The van der Waals surface area contributed by atoms with Crippen LogP contribution in [0.1, 0.15) is 45.4 Å². The van der Waals surface area contributed by atoms with Crippen LogP contribution in [0.4, 0.5) is 0 Å². The molecule has 1 fully saturated rings. The fourth-order valence-corrected chi connectivity index (χ4v) is 2.32. The molecule has 0 unspecified atom stereocenters. The first-order chi connectivity index (χ1) is 7.69. The zero-order valence-electron chi connectivity index (χ0n) is 9.85.